The minimum absolute atomic E-state index is 0.0514. The van der Waals surface area contributed by atoms with E-state index in [-0.39, 0.29) is 27.9 Å². The molecule has 3 aromatic rings. The molecule has 27 heavy (non-hydrogen) atoms. The van der Waals surface area contributed by atoms with E-state index in [0.717, 1.165) is 6.07 Å². The number of carbonyl (C=O) groups excluding carboxylic acids is 1. The number of aromatic amines is 1. The fourth-order valence-corrected chi connectivity index (χ4v) is 2.72. The number of pyridine rings is 1. The van der Waals surface area contributed by atoms with Gasteiger partial charge in [0.05, 0.1) is 24.7 Å². The van der Waals surface area contributed by atoms with Crippen molar-refractivity contribution >= 4 is 22.4 Å². The summed E-state index contributed by atoms with van der Waals surface area (Å²) in [7, 11) is 2.84. The minimum Gasteiger partial charge on any atom is -0.506 e. The molecule has 2 N–H and O–H groups in total. The lowest BCUT2D eigenvalue weighted by Gasteiger charge is -2.10. The van der Waals surface area contributed by atoms with Crippen LogP contribution in [0.2, 0.25) is 0 Å². The van der Waals surface area contributed by atoms with E-state index in [4.69, 9.17) is 9.47 Å². The van der Waals surface area contributed by atoms with Crippen LogP contribution in [-0.2, 0) is 0 Å². The highest BCUT2D eigenvalue weighted by atomic mass is 16.6. The predicted molar refractivity (Wildman–Crippen MR) is 95.9 cm³/mol. The molecule has 9 heteroatoms. The van der Waals surface area contributed by atoms with Crippen LogP contribution in [0, 0.1) is 10.1 Å². The van der Waals surface area contributed by atoms with E-state index in [2.05, 4.69) is 4.98 Å². The highest BCUT2D eigenvalue weighted by Gasteiger charge is 2.22. The number of rotatable bonds is 5. The van der Waals surface area contributed by atoms with Crippen molar-refractivity contribution in [2.45, 2.75) is 0 Å². The lowest BCUT2D eigenvalue weighted by Crippen LogP contribution is -2.19. The SMILES string of the molecule is COc1ccc(C(=O)c2c(O)c3ccc([N+](=O)[O-])cc3[nH]c2=O)cc1OC. The molecule has 0 aliphatic rings. The summed E-state index contributed by atoms with van der Waals surface area (Å²) >= 11 is 0. The number of aromatic hydroxyl groups is 1. The number of nitrogens with one attached hydrogen (secondary N) is 1. The minimum atomic E-state index is -0.861. The Morgan fingerprint density at radius 1 is 1.11 bits per heavy atom. The van der Waals surface area contributed by atoms with Crippen LogP contribution in [-0.4, -0.2) is 35.0 Å². The molecule has 0 atom stereocenters. The van der Waals surface area contributed by atoms with Gasteiger partial charge in [-0.15, -0.1) is 0 Å². The topological polar surface area (TPSA) is 132 Å². The zero-order valence-corrected chi connectivity index (χ0v) is 14.3. The second kappa shape index (κ2) is 6.79. The molecule has 1 aromatic heterocycles. The molecule has 0 saturated heterocycles. The molecule has 0 aliphatic heterocycles. The van der Waals surface area contributed by atoms with Crippen LogP contribution in [0.3, 0.4) is 0 Å². The summed E-state index contributed by atoms with van der Waals surface area (Å²) in [6.45, 7) is 0. The van der Waals surface area contributed by atoms with Gasteiger partial charge in [-0.05, 0) is 24.3 Å². The standard InChI is InChI=1S/C18H14N2O7/c1-26-13-6-3-9(7-14(13)27-2)16(21)15-17(22)11-5-4-10(20(24)25)8-12(11)19-18(15)23/h3-8H,1-2H3,(H2,19,22,23). The van der Waals surface area contributed by atoms with Gasteiger partial charge in [0.25, 0.3) is 11.2 Å². The summed E-state index contributed by atoms with van der Waals surface area (Å²) in [4.78, 5) is 37.8. The van der Waals surface area contributed by atoms with Crippen molar-refractivity contribution in [2.75, 3.05) is 14.2 Å². The summed E-state index contributed by atoms with van der Waals surface area (Å²) in [5.41, 5.74) is -1.43. The van der Waals surface area contributed by atoms with Crippen molar-refractivity contribution < 1.29 is 24.3 Å². The monoisotopic (exact) mass is 370 g/mol. The Balaban J connectivity index is 2.16. The Hall–Kier alpha value is -3.88. The number of nitrogens with zero attached hydrogens (tertiary/aromatic N) is 1. The predicted octanol–water partition coefficient (Wildman–Crippen LogP) is 2.39. The van der Waals surface area contributed by atoms with Crippen molar-refractivity contribution in [3.05, 3.63) is 68.0 Å². The van der Waals surface area contributed by atoms with Gasteiger partial charge in [0, 0.05) is 23.1 Å². The first-order chi connectivity index (χ1) is 12.9. The molecule has 0 amide bonds. The van der Waals surface area contributed by atoms with Crippen LogP contribution in [0.4, 0.5) is 5.69 Å². The number of fused-ring (bicyclic) bond motifs is 1. The van der Waals surface area contributed by atoms with Crippen molar-refractivity contribution in [3.8, 4) is 17.2 Å². The number of nitro groups is 1. The second-order valence-electron chi connectivity index (χ2n) is 5.56. The van der Waals surface area contributed by atoms with E-state index in [9.17, 15) is 24.8 Å². The second-order valence-corrected chi connectivity index (χ2v) is 5.56. The molecule has 0 spiro atoms. The summed E-state index contributed by atoms with van der Waals surface area (Å²) in [6, 6.07) is 7.88. The molecular formula is C18H14N2O7. The maximum Gasteiger partial charge on any atom is 0.271 e. The molecule has 0 unspecified atom stereocenters. The average molecular weight is 370 g/mol. The third-order valence-corrected chi connectivity index (χ3v) is 4.05. The molecule has 0 bridgehead atoms. The molecule has 0 fully saturated rings. The van der Waals surface area contributed by atoms with E-state index in [1.165, 1.54) is 44.6 Å². The number of hydrogen-bond donors (Lipinski definition) is 2. The van der Waals surface area contributed by atoms with Crippen molar-refractivity contribution in [1.29, 1.82) is 0 Å². The van der Waals surface area contributed by atoms with Crippen LogP contribution in [0.15, 0.2) is 41.2 Å². The number of non-ortho nitro benzene ring substituents is 1. The van der Waals surface area contributed by atoms with E-state index in [0.29, 0.717) is 5.75 Å². The van der Waals surface area contributed by atoms with Gasteiger partial charge in [-0.3, -0.25) is 19.7 Å². The van der Waals surface area contributed by atoms with E-state index in [1.54, 1.807) is 0 Å². The number of nitro benzene ring substituents is 1. The van der Waals surface area contributed by atoms with Crippen LogP contribution in [0.1, 0.15) is 15.9 Å². The normalized spacial score (nSPS) is 10.6. The molecule has 0 aliphatic carbocycles. The molecule has 9 nitrogen and oxygen atoms in total. The number of benzene rings is 2. The molecule has 3 rings (SSSR count). The molecule has 0 radical (unpaired) electrons. The Bertz CT molecular complexity index is 1130. The third-order valence-electron chi connectivity index (χ3n) is 4.05. The van der Waals surface area contributed by atoms with Crippen molar-refractivity contribution in [2.24, 2.45) is 0 Å². The van der Waals surface area contributed by atoms with Crippen LogP contribution in [0.5, 0.6) is 17.2 Å². The van der Waals surface area contributed by atoms with Gasteiger partial charge >= 0.3 is 0 Å². The molecule has 2 aromatic carbocycles. The summed E-state index contributed by atoms with van der Waals surface area (Å²) in [5, 5.41) is 21.4. The highest BCUT2D eigenvalue weighted by molar-refractivity contribution is 6.13. The van der Waals surface area contributed by atoms with Gasteiger partial charge in [0.1, 0.15) is 11.3 Å². The van der Waals surface area contributed by atoms with Gasteiger partial charge in [-0.2, -0.15) is 0 Å². The fourth-order valence-electron chi connectivity index (χ4n) is 2.72. The summed E-state index contributed by atoms with van der Waals surface area (Å²) < 4.78 is 10.2. The largest absolute Gasteiger partial charge is 0.506 e. The van der Waals surface area contributed by atoms with Crippen molar-refractivity contribution in [3.63, 3.8) is 0 Å². The van der Waals surface area contributed by atoms with Crippen LogP contribution in [0.25, 0.3) is 10.9 Å². The lowest BCUT2D eigenvalue weighted by atomic mass is 10.0. The fraction of sp³-hybridized carbons (Fsp3) is 0.111. The summed E-state index contributed by atoms with van der Waals surface area (Å²) in [5.74, 6) is -0.591. The van der Waals surface area contributed by atoms with E-state index < -0.39 is 27.6 Å². The number of ether oxygens (including phenoxy) is 2. The third kappa shape index (κ3) is 3.06. The van der Waals surface area contributed by atoms with Crippen molar-refractivity contribution in [1.82, 2.24) is 4.98 Å². The Labute approximate surface area is 151 Å². The zero-order chi connectivity index (χ0) is 19.7. The van der Waals surface area contributed by atoms with E-state index in [1.807, 2.05) is 0 Å². The molecule has 0 saturated carbocycles. The van der Waals surface area contributed by atoms with Gasteiger partial charge in [-0.1, -0.05) is 0 Å². The van der Waals surface area contributed by atoms with Gasteiger partial charge in [0.2, 0.25) is 5.78 Å². The number of carbonyl (C=O) groups is 1. The maximum absolute atomic E-state index is 12.8. The molecular weight excluding hydrogens is 356 g/mol. The first-order valence-electron chi connectivity index (χ1n) is 7.67. The Morgan fingerprint density at radius 2 is 1.81 bits per heavy atom. The first kappa shape index (κ1) is 17.9. The smallest absolute Gasteiger partial charge is 0.271 e. The van der Waals surface area contributed by atoms with Gasteiger partial charge < -0.3 is 19.6 Å². The number of aromatic nitrogens is 1. The highest BCUT2D eigenvalue weighted by Crippen LogP contribution is 2.31. The number of H-pyrrole nitrogens is 1. The summed E-state index contributed by atoms with van der Waals surface area (Å²) in [6.07, 6.45) is 0. The van der Waals surface area contributed by atoms with Crippen LogP contribution >= 0.6 is 0 Å². The number of methoxy groups -OCH3 is 2. The Morgan fingerprint density at radius 3 is 2.44 bits per heavy atom. The Kier molecular flexibility index (Phi) is 4.51. The number of ketones is 1. The van der Waals surface area contributed by atoms with E-state index >= 15 is 0 Å². The van der Waals surface area contributed by atoms with Gasteiger partial charge in [-0.25, -0.2) is 0 Å². The molecule has 138 valence electrons. The molecule has 1 heterocycles. The van der Waals surface area contributed by atoms with Gasteiger partial charge in [0.15, 0.2) is 11.5 Å². The zero-order valence-electron chi connectivity index (χ0n) is 14.3. The first-order valence-corrected chi connectivity index (χ1v) is 7.67. The van der Waals surface area contributed by atoms with Crippen LogP contribution < -0.4 is 15.0 Å². The lowest BCUT2D eigenvalue weighted by molar-refractivity contribution is -0.384. The maximum atomic E-state index is 12.8. The average Bonchev–Trinajstić information content (AvgIpc) is 2.66. The quantitative estimate of drug-likeness (QED) is 0.400. The number of hydrogen-bond acceptors (Lipinski definition) is 7.